The lowest BCUT2D eigenvalue weighted by Crippen LogP contribution is -2.38. The molecule has 0 spiro atoms. The molecular weight excluding hydrogens is 241 g/mol. The topological polar surface area (TPSA) is 20.3 Å². The van der Waals surface area contributed by atoms with Crippen molar-refractivity contribution in [1.29, 1.82) is 0 Å². The second-order valence-electron chi connectivity index (χ2n) is 4.90. The van der Waals surface area contributed by atoms with Gasteiger partial charge in [0.1, 0.15) is 0 Å². The third-order valence-corrected chi connectivity index (χ3v) is 3.85. The minimum Gasteiger partial charge on any atom is -0.308 e. The predicted octanol–water partition coefficient (Wildman–Crippen LogP) is 3.97. The molecule has 1 unspecified atom stereocenters. The van der Waals surface area contributed by atoms with Crippen LogP contribution in [0.3, 0.4) is 0 Å². The zero-order valence-electron chi connectivity index (χ0n) is 12.6. The molecule has 0 N–H and O–H groups in total. The van der Waals surface area contributed by atoms with Crippen LogP contribution >= 0.6 is 0 Å². The summed E-state index contributed by atoms with van der Waals surface area (Å²) in [5, 5.41) is 0. The van der Waals surface area contributed by atoms with Gasteiger partial charge in [0.05, 0.1) is 11.1 Å². The quantitative estimate of drug-likeness (QED) is 0.690. The summed E-state index contributed by atoms with van der Waals surface area (Å²) < 4.78 is 13.8. The van der Waals surface area contributed by atoms with E-state index in [0.717, 1.165) is 5.57 Å². The standard InChI is InChI=1S/C14H16FNO.C2H6/c1-5-16-12-10(7-6-8-11(12)15)14(4,9(2)3)13(16)17;1-2/h7,9H,5H2,1-4H3;1-2H3. The molecule has 1 aliphatic carbocycles. The Bertz CT molecular complexity index is 517. The molecule has 1 aliphatic heterocycles. The molecule has 0 saturated heterocycles. The summed E-state index contributed by atoms with van der Waals surface area (Å²) in [7, 11) is 0. The summed E-state index contributed by atoms with van der Waals surface area (Å²) in [5.74, 6) is -0.403. The Morgan fingerprint density at radius 3 is 2.47 bits per heavy atom. The number of allylic oxidation sites excluding steroid dienone is 2. The largest absolute Gasteiger partial charge is 0.308 e. The highest BCUT2D eigenvalue weighted by atomic mass is 19.1. The smallest absolute Gasteiger partial charge is 0.237 e. The zero-order chi connectivity index (χ0) is 14.8. The van der Waals surface area contributed by atoms with Crippen LogP contribution in [-0.4, -0.2) is 17.4 Å². The highest BCUT2D eigenvalue weighted by Gasteiger charge is 2.51. The molecule has 2 rings (SSSR count). The Hall–Kier alpha value is -1.56. The fourth-order valence-corrected chi connectivity index (χ4v) is 2.43. The van der Waals surface area contributed by atoms with Gasteiger partial charge in [0, 0.05) is 12.1 Å². The van der Waals surface area contributed by atoms with Crippen molar-refractivity contribution < 1.29 is 9.18 Å². The SMILES string of the molecule is CC.CCN1C(=O)C(C)(C(C)C)C2=C1C(F)=C=C=C2. The van der Waals surface area contributed by atoms with Gasteiger partial charge in [-0.25, -0.2) is 0 Å². The number of carbonyl (C=O) groups is 1. The van der Waals surface area contributed by atoms with Crippen molar-refractivity contribution in [3.8, 4) is 0 Å². The predicted molar refractivity (Wildman–Crippen MR) is 74.9 cm³/mol. The molecule has 3 heteroatoms. The van der Waals surface area contributed by atoms with Crippen molar-refractivity contribution in [2.24, 2.45) is 11.3 Å². The molecule has 19 heavy (non-hydrogen) atoms. The molecule has 1 heterocycles. The van der Waals surface area contributed by atoms with E-state index in [1.165, 1.54) is 4.90 Å². The Balaban J connectivity index is 0.000000861. The van der Waals surface area contributed by atoms with Gasteiger partial charge in [-0.05, 0) is 31.6 Å². The van der Waals surface area contributed by atoms with Crippen LogP contribution in [-0.2, 0) is 4.79 Å². The molecular formula is C16H22FNO. The van der Waals surface area contributed by atoms with Crippen LogP contribution in [0.25, 0.3) is 0 Å². The number of amides is 1. The van der Waals surface area contributed by atoms with Gasteiger partial charge in [-0.15, -0.1) is 0 Å². The van der Waals surface area contributed by atoms with E-state index in [1.807, 2.05) is 41.5 Å². The monoisotopic (exact) mass is 263 g/mol. The minimum atomic E-state index is -0.655. The molecule has 0 bridgehead atoms. The van der Waals surface area contributed by atoms with Gasteiger partial charge in [-0.3, -0.25) is 4.79 Å². The summed E-state index contributed by atoms with van der Waals surface area (Å²) in [6.45, 7) is 12.2. The summed E-state index contributed by atoms with van der Waals surface area (Å²) in [6.07, 6.45) is 1.69. The van der Waals surface area contributed by atoms with Crippen LogP contribution in [0.15, 0.2) is 34.6 Å². The maximum Gasteiger partial charge on any atom is 0.237 e. The molecule has 0 aromatic rings. The van der Waals surface area contributed by atoms with E-state index in [4.69, 9.17) is 0 Å². The molecule has 2 aliphatic rings. The fourth-order valence-electron chi connectivity index (χ4n) is 2.43. The molecule has 0 radical (unpaired) electrons. The van der Waals surface area contributed by atoms with E-state index < -0.39 is 11.2 Å². The second kappa shape index (κ2) is 5.61. The summed E-state index contributed by atoms with van der Waals surface area (Å²) in [4.78, 5) is 13.9. The average molecular weight is 263 g/mol. The van der Waals surface area contributed by atoms with E-state index >= 15 is 0 Å². The normalized spacial score (nSPS) is 24.5. The number of hydrogen-bond acceptors (Lipinski definition) is 1. The van der Waals surface area contributed by atoms with Crippen LogP contribution in [0, 0.1) is 11.3 Å². The van der Waals surface area contributed by atoms with Crippen molar-refractivity contribution >= 4 is 5.91 Å². The van der Waals surface area contributed by atoms with Crippen LogP contribution in [0.4, 0.5) is 4.39 Å². The maximum absolute atomic E-state index is 13.8. The Kier molecular flexibility index (Phi) is 4.57. The Labute approximate surface area is 115 Å². The van der Waals surface area contributed by atoms with Crippen molar-refractivity contribution in [2.45, 2.75) is 41.5 Å². The molecule has 1 atom stereocenters. The third-order valence-electron chi connectivity index (χ3n) is 3.85. The van der Waals surface area contributed by atoms with Gasteiger partial charge in [-0.2, -0.15) is 4.39 Å². The first-order valence-corrected chi connectivity index (χ1v) is 6.88. The Morgan fingerprint density at radius 2 is 2.00 bits per heavy atom. The molecule has 0 aromatic heterocycles. The van der Waals surface area contributed by atoms with Crippen molar-refractivity contribution in [1.82, 2.24) is 4.90 Å². The van der Waals surface area contributed by atoms with Crippen molar-refractivity contribution in [3.05, 3.63) is 34.6 Å². The first-order valence-electron chi connectivity index (χ1n) is 6.88. The fraction of sp³-hybridized carbons (Fsp3) is 0.562. The van der Waals surface area contributed by atoms with Crippen LogP contribution in [0.2, 0.25) is 0 Å². The highest BCUT2D eigenvalue weighted by molar-refractivity contribution is 5.93. The molecule has 0 fully saturated rings. The van der Waals surface area contributed by atoms with Crippen LogP contribution in [0.1, 0.15) is 41.5 Å². The Morgan fingerprint density at radius 1 is 1.42 bits per heavy atom. The van der Waals surface area contributed by atoms with E-state index in [0.29, 0.717) is 12.2 Å². The average Bonchev–Trinajstić information content (AvgIpc) is 2.64. The van der Waals surface area contributed by atoms with Gasteiger partial charge in [0.2, 0.25) is 5.91 Å². The van der Waals surface area contributed by atoms with Crippen LogP contribution in [0.5, 0.6) is 0 Å². The summed E-state index contributed by atoms with van der Waals surface area (Å²) in [5.41, 5.74) is 5.52. The summed E-state index contributed by atoms with van der Waals surface area (Å²) in [6, 6.07) is 0. The number of halogens is 1. The number of nitrogens with zero attached hydrogens (tertiary/aromatic N) is 1. The first kappa shape index (κ1) is 15.5. The van der Waals surface area contributed by atoms with Gasteiger partial charge < -0.3 is 4.90 Å². The van der Waals surface area contributed by atoms with Gasteiger partial charge in [0.15, 0.2) is 5.83 Å². The van der Waals surface area contributed by atoms with Gasteiger partial charge in [0.25, 0.3) is 0 Å². The van der Waals surface area contributed by atoms with E-state index in [9.17, 15) is 9.18 Å². The first-order chi connectivity index (χ1) is 8.94. The number of carbonyl (C=O) groups excluding carboxylic acids is 1. The lowest BCUT2D eigenvalue weighted by molar-refractivity contribution is -0.136. The molecule has 1 amide bonds. The van der Waals surface area contributed by atoms with Crippen molar-refractivity contribution in [3.63, 3.8) is 0 Å². The minimum absolute atomic E-state index is 0.0306. The van der Waals surface area contributed by atoms with Gasteiger partial charge in [-0.1, -0.05) is 33.4 Å². The molecule has 2 nitrogen and oxygen atoms in total. The lowest BCUT2D eigenvalue weighted by atomic mass is 9.73. The molecule has 104 valence electrons. The maximum atomic E-state index is 13.8. The molecule has 0 aromatic carbocycles. The van der Waals surface area contributed by atoms with E-state index in [1.54, 1.807) is 6.08 Å². The third kappa shape index (κ3) is 2.10. The van der Waals surface area contributed by atoms with Crippen LogP contribution < -0.4 is 0 Å². The van der Waals surface area contributed by atoms with Gasteiger partial charge >= 0.3 is 0 Å². The summed E-state index contributed by atoms with van der Waals surface area (Å²) >= 11 is 0. The van der Waals surface area contributed by atoms with E-state index in [-0.39, 0.29) is 11.8 Å². The van der Waals surface area contributed by atoms with E-state index in [2.05, 4.69) is 11.5 Å². The zero-order valence-corrected chi connectivity index (χ0v) is 12.6. The second-order valence-corrected chi connectivity index (χ2v) is 4.90. The number of likely N-dealkylation sites (N-methyl/N-ethyl adjacent to an activating group) is 1. The van der Waals surface area contributed by atoms with Crippen molar-refractivity contribution in [2.75, 3.05) is 6.54 Å². The lowest BCUT2D eigenvalue weighted by Gasteiger charge is -2.29. The molecule has 0 saturated carbocycles. The highest BCUT2D eigenvalue weighted by Crippen LogP contribution is 2.48. The number of rotatable bonds is 2. The number of hydrogen-bond donors (Lipinski definition) is 0.